The molecule has 48 heavy (non-hydrogen) atoms. The molecule has 0 radical (unpaired) electrons. The van der Waals surface area contributed by atoms with Gasteiger partial charge in [-0.15, -0.1) is 0 Å². The van der Waals surface area contributed by atoms with Crippen LogP contribution in [0.2, 0.25) is 0 Å². The molecule has 3 amide bonds. The van der Waals surface area contributed by atoms with E-state index in [1.54, 1.807) is 39.8 Å². The number of carbonyl (C=O) groups excluding carboxylic acids is 3. The topological polar surface area (TPSA) is 101 Å². The van der Waals surface area contributed by atoms with Crippen LogP contribution in [0.3, 0.4) is 0 Å². The molecule has 0 unspecified atom stereocenters. The maximum Gasteiger partial charge on any atom is 0.264 e. The van der Waals surface area contributed by atoms with E-state index in [9.17, 15) is 24.6 Å². The van der Waals surface area contributed by atoms with E-state index in [-0.39, 0.29) is 37.9 Å². The van der Waals surface area contributed by atoms with Crippen LogP contribution in [0.15, 0.2) is 114 Å². The van der Waals surface area contributed by atoms with Crippen LogP contribution in [0.25, 0.3) is 0 Å². The van der Waals surface area contributed by atoms with Gasteiger partial charge in [-0.1, -0.05) is 95.7 Å². The number of aryl methyl sites for hydroxylation is 1. The summed E-state index contributed by atoms with van der Waals surface area (Å²) in [5, 5.41) is 21.7. The van der Waals surface area contributed by atoms with Crippen molar-refractivity contribution in [1.29, 1.82) is 0 Å². The number of anilines is 3. The monoisotopic (exact) mass is 707 g/mol. The summed E-state index contributed by atoms with van der Waals surface area (Å²) in [6.45, 7) is 2.39. The van der Waals surface area contributed by atoms with Gasteiger partial charge in [0.15, 0.2) is 5.60 Å². The number of halogens is 1. The Bertz CT molecular complexity index is 1860. The van der Waals surface area contributed by atoms with Gasteiger partial charge in [-0.05, 0) is 59.5 Å². The summed E-state index contributed by atoms with van der Waals surface area (Å²) < 4.78 is 0.727. The van der Waals surface area contributed by atoms with E-state index in [2.05, 4.69) is 15.9 Å². The number of aliphatic hydroxyl groups excluding tert-OH is 1. The number of para-hydroxylation sites is 1. The summed E-state index contributed by atoms with van der Waals surface area (Å²) in [5.41, 5.74) is 3.69. The van der Waals surface area contributed by atoms with Crippen LogP contribution in [0.4, 0.5) is 17.1 Å². The molecule has 0 bridgehead atoms. The number of amides is 3. The predicted molar refractivity (Wildman–Crippen MR) is 189 cm³/mol. The first-order chi connectivity index (χ1) is 23.2. The number of hydrogen-bond acceptors (Lipinski definition) is 5. The average molecular weight is 709 g/mol. The number of carbonyl (C=O) groups is 3. The molecule has 2 N–H and O–H groups in total. The van der Waals surface area contributed by atoms with Crippen molar-refractivity contribution in [3.8, 4) is 0 Å². The first kappa shape index (κ1) is 33.3. The minimum absolute atomic E-state index is 0.0197. The van der Waals surface area contributed by atoms with Crippen molar-refractivity contribution >= 4 is 50.7 Å². The van der Waals surface area contributed by atoms with E-state index in [1.807, 2.05) is 91.0 Å². The molecule has 2 aliphatic rings. The molecule has 4 aromatic carbocycles. The third-order valence-electron chi connectivity index (χ3n) is 9.15. The lowest BCUT2D eigenvalue weighted by Crippen LogP contribution is -2.44. The normalized spacial score (nSPS) is 17.8. The van der Waals surface area contributed by atoms with Crippen molar-refractivity contribution in [3.05, 3.63) is 136 Å². The fraction of sp³-hybridized carbons (Fsp3) is 0.256. The lowest BCUT2D eigenvalue weighted by Gasteiger charge is -2.30. The molecule has 0 saturated heterocycles. The van der Waals surface area contributed by atoms with E-state index < -0.39 is 17.4 Å². The molecule has 2 heterocycles. The van der Waals surface area contributed by atoms with Crippen molar-refractivity contribution in [1.82, 2.24) is 4.90 Å². The number of fused-ring (bicyclic) bond motifs is 2. The van der Waals surface area contributed by atoms with E-state index in [0.717, 1.165) is 32.5 Å². The third-order valence-corrected chi connectivity index (χ3v) is 9.64. The fourth-order valence-electron chi connectivity index (χ4n) is 6.62. The fourth-order valence-corrected chi connectivity index (χ4v) is 6.98. The second-order valence-electron chi connectivity index (χ2n) is 12.3. The maximum absolute atomic E-state index is 14.2. The highest BCUT2D eigenvalue weighted by Crippen LogP contribution is 2.47. The van der Waals surface area contributed by atoms with Crippen molar-refractivity contribution in [2.75, 3.05) is 23.0 Å². The van der Waals surface area contributed by atoms with Crippen LogP contribution in [0.1, 0.15) is 42.0 Å². The van der Waals surface area contributed by atoms with E-state index in [0.29, 0.717) is 30.6 Å². The number of benzene rings is 4. The molecule has 0 fully saturated rings. The van der Waals surface area contributed by atoms with E-state index >= 15 is 0 Å². The van der Waals surface area contributed by atoms with Crippen LogP contribution >= 0.6 is 15.9 Å². The van der Waals surface area contributed by atoms with Crippen LogP contribution in [0.5, 0.6) is 0 Å². The zero-order chi connectivity index (χ0) is 33.8. The Labute approximate surface area is 289 Å². The first-order valence-corrected chi connectivity index (χ1v) is 16.9. The van der Waals surface area contributed by atoms with Crippen LogP contribution in [0, 0.1) is 5.92 Å². The van der Waals surface area contributed by atoms with Crippen LogP contribution in [-0.2, 0) is 39.5 Å². The van der Waals surface area contributed by atoms with Crippen LogP contribution < -0.4 is 9.80 Å². The molecule has 9 heteroatoms. The zero-order valence-electron chi connectivity index (χ0n) is 26.8. The van der Waals surface area contributed by atoms with Gasteiger partial charge in [0.25, 0.3) is 5.91 Å². The summed E-state index contributed by atoms with van der Waals surface area (Å²) >= 11 is 3.51. The van der Waals surface area contributed by atoms with Crippen LogP contribution in [-0.4, -0.2) is 46.0 Å². The van der Waals surface area contributed by atoms with Gasteiger partial charge in [-0.2, -0.15) is 0 Å². The highest BCUT2D eigenvalue weighted by molar-refractivity contribution is 9.10. The molecule has 0 saturated carbocycles. The molecule has 4 aromatic rings. The quantitative estimate of drug-likeness (QED) is 0.176. The molecule has 6 rings (SSSR count). The molecule has 2 aliphatic heterocycles. The molecule has 0 aliphatic carbocycles. The number of nitrogens with zero attached hydrogens (tertiary/aromatic N) is 3. The van der Waals surface area contributed by atoms with E-state index in [4.69, 9.17) is 0 Å². The highest BCUT2D eigenvalue weighted by Gasteiger charge is 2.52. The summed E-state index contributed by atoms with van der Waals surface area (Å²) in [6.07, 6.45) is 4.58. The smallest absolute Gasteiger partial charge is 0.264 e. The molecule has 2 atom stereocenters. The predicted octanol–water partition coefficient (Wildman–Crippen LogP) is 6.40. The SMILES string of the molecule is C[C@@H](/C=C/CC(=O)N(CCO)Cc1ccccc1)[C@]1(O)C(=O)N(Cc2cccc(N3C(=O)CCc4ccccc43)c2)c2ccc(Br)cc21. The van der Waals surface area contributed by atoms with Crippen molar-refractivity contribution in [2.24, 2.45) is 5.92 Å². The van der Waals surface area contributed by atoms with Gasteiger partial charge in [0.2, 0.25) is 11.8 Å². The second kappa shape index (κ2) is 14.3. The molecular formula is C39H38BrN3O5. The zero-order valence-corrected chi connectivity index (χ0v) is 28.3. The van der Waals surface area contributed by atoms with Gasteiger partial charge in [0, 0.05) is 47.6 Å². The van der Waals surface area contributed by atoms with Gasteiger partial charge in [0.1, 0.15) is 0 Å². The van der Waals surface area contributed by atoms with Crippen molar-refractivity contribution in [2.45, 2.75) is 44.9 Å². The van der Waals surface area contributed by atoms with Gasteiger partial charge < -0.3 is 20.0 Å². The Morgan fingerprint density at radius 1 is 0.938 bits per heavy atom. The standard InChI is InChI=1S/C39H38BrN3O5/c1-27(9-7-16-36(45)41(21-22-44)25-28-10-3-2-4-11-28)39(48)33-24-31(40)18-19-35(33)42(38(39)47)26-29-12-8-14-32(23-29)43-34-15-6-5-13-30(34)17-20-37(43)46/h2-15,18-19,23-24,27,44,48H,16-17,20-22,25-26H2,1H3/b9-7+/t27-,39+/m0/s1. The van der Waals surface area contributed by atoms with E-state index in [1.165, 1.54) is 0 Å². The van der Waals surface area contributed by atoms with Gasteiger partial charge in [-0.25, -0.2) is 0 Å². The summed E-state index contributed by atoms with van der Waals surface area (Å²) in [7, 11) is 0. The van der Waals surface area contributed by atoms with Crippen molar-refractivity contribution in [3.63, 3.8) is 0 Å². The number of aliphatic hydroxyl groups is 2. The second-order valence-corrected chi connectivity index (χ2v) is 13.2. The van der Waals surface area contributed by atoms with Gasteiger partial charge in [-0.3, -0.25) is 19.3 Å². The minimum atomic E-state index is -1.87. The third kappa shape index (κ3) is 6.58. The Balaban J connectivity index is 1.22. The lowest BCUT2D eigenvalue weighted by atomic mass is 9.83. The summed E-state index contributed by atoms with van der Waals surface area (Å²) in [5.74, 6) is -1.27. The molecule has 0 aromatic heterocycles. The molecule has 0 spiro atoms. The Morgan fingerprint density at radius 3 is 2.48 bits per heavy atom. The molecule has 8 nitrogen and oxygen atoms in total. The highest BCUT2D eigenvalue weighted by atomic mass is 79.9. The Hall–Kier alpha value is -4.57. The van der Waals surface area contributed by atoms with Crippen molar-refractivity contribution < 1.29 is 24.6 Å². The summed E-state index contributed by atoms with van der Waals surface area (Å²) in [6, 6.07) is 30.5. The number of rotatable bonds is 11. The lowest BCUT2D eigenvalue weighted by molar-refractivity contribution is -0.139. The largest absolute Gasteiger partial charge is 0.395 e. The maximum atomic E-state index is 14.2. The Morgan fingerprint density at radius 2 is 1.69 bits per heavy atom. The minimum Gasteiger partial charge on any atom is -0.395 e. The van der Waals surface area contributed by atoms with Gasteiger partial charge >= 0.3 is 0 Å². The summed E-state index contributed by atoms with van der Waals surface area (Å²) in [4.78, 5) is 45.3. The Kier molecular flexibility index (Phi) is 9.91. The first-order valence-electron chi connectivity index (χ1n) is 16.1. The average Bonchev–Trinajstić information content (AvgIpc) is 3.30. The molecule has 246 valence electrons. The molecular weight excluding hydrogens is 670 g/mol. The number of hydrogen-bond donors (Lipinski definition) is 2. The van der Waals surface area contributed by atoms with Gasteiger partial charge in [0.05, 0.1) is 24.5 Å².